The Bertz CT molecular complexity index is 1510. The molecule has 2 fully saturated rings. The SMILES string of the molecule is COc1ccc(CN2CC3(CC(N[C@H](C(=O)OCc4ccccc4)[C@@H](C)OCc4ccccc4)CN3C(=O)OC(C)(C)C)C2=O)cc1. The van der Waals surface area contributed by atoms with Crippen molar-refractivity contribution in [1.29, 1.82) is 0 Å². The summed E-state index contributed by atoms with van der Waals surface area (Å²) in [4.78, 5) is 44.3. The van der Waals surface area contributed by atoms with Gasteiger partial charge in [0.1, 0.15) is 29.5 Å². The highest BCUT2D eigenvalue weighted by molar-refractivity contribution is 5.96. The van der Waals surface area contributed by atoms with Crippen LogP contribution >= 0.6 is 0 Å². The van der Waals surface area contributed by atoms with E-state index >= 15 is 0 Å². The molecule has 10 nitrogen and oxygen atoms in total. The van der Waals surface area contributed by atoms with Gasteiger partial charge >= 0.3 is 12.1 Å². The van der Waals surface area contributed by atoms with Crippen molar-refractivity contribution in [1.82, 2.24) is 15.1 Å². The number of ether oxygens (including phenoxy) is 4. The summed E-state index contributed by atoms with van der Waals surface area (Å²) in [6, 6.07) is 25.5. The molecule has 3 aromatic carbocycles. The van der Waals surface area contributed by atoms with Crippen LogP contribution in [-0.4, -0.2) is 77.3 Å². The summed E-state index contributed by atoms with van der Waals surface area (Å²) >= 11 is 0. The molecule has 0 bridgehead atoms. The highest BCUT2D eigenvalue weighted by atomic mass is 16.6. The van der Waals surface area contributed by atoms with E-state index in [0.29, 0.717) is 26.1 Å². The number of nitrogens with zero attached hydrogens (tertiary/aromatic N) is 2. The second-order valence-corrected chi connectivity index (χ2v) is 13.3. The number of carbonyl (C=O) groups is 3. The number of methoxy groups -OCH3 is 1. The maximum Gasteiger partial charge on any atom is 0.411 e. The normalized spacial score (nSPS) is 20.4. The molecular weight excluding hydrogens is 598 g/mol. The summed E-state index contributed by atoms with van der Waals surface area (Å²) < 4.78 is 22.9. The summed E-state index contributed by atoms with van der Waals surface area (Å²) in [5, 5.41) is 3.42. The molecule has 4 atom stereocenters. The summed E-state index contributed by atoms with van der Waals surface area (Å²) in [5.41, 5.74) is 0.965. The van der Waals surface area contributed by atoms with Gasteiger partial charge in [0.25, 0.3) is 5.91 Å². The van der Waals surface area contributed by atoms with Crippen LogP contribution in [0.25, 0.3) is 0 Å². The monoisotopic (exact) mass is 643 g/mol. The van der Waals surface area contributed by atoms with Crippen LogP contribution < -0.4 is 10.1 Å². The van der Waals surface area contributed by atoms with E-state index in [0.717, 1.165) is 22.4 Å². The Morgan fingerprint density at radius 2 is 1.53 bits per heavy atom. The number of β-lactam (4-membered cyclic amide) rings is 1. The van der Waals surface area contributed by atoms with Gasteiger partial charge < -0.3 is 23.8 Å². The number of carbonyl (C=O) groups excluding carboxylic acids is 3. The highest BCUT2D eigenvalue weighted by Crippen LogP contribution is 2.41. The van der Waals surface area contributed by atoms with Crippen molar-refractivity contribution in [2.24, 2.45) is 0 Å². The average Bonchev–Trinajstić information content (AvgIpc) is 3.46. The highest BCUT2D eigenvalue weighted by Gasteiger charge is 2.63. The van der Waals surface area contributed by atoms with Gasteiger partial charge in [0.2, 0.25) is 0 Å². The minimum atomic E-state index is -1.08. The molecule has 2 unspecified atom stereocenters. The van der Waals surface area contributed by atoms with Crippen LogP contribution in [0.1, 0.15) is 50.8 Å². The van der Waals surface area contributed by atoms with Crippen LogP contribution in [0.3, 0.4) is 0 Å². The first-order valence-corrected chi connectivity index (χ1v) is 16.0. The van der Waals surface area contributed by atoms with Gasteiger partial charge in [-0.3, -0.25) is 19.8 Å². The van der Waals surface area contributed by atoms with Gasteiger partial charge in [-0.2, -0.15) is 0 Å². The van der Waals surface area contributed by atoms with Gasteiger partial charge in [-0.15, -0.1) is 0 Å². The molecule has 250 valence electrons. The molecule has 2 aliphatic heterocycles. The van der Waals surface area contributed by atoms with E-state index in [9.17, 15) is 14.4 Å². The van der Waals surface area contributed by atoms with E-state index in [1.165, 1.54) is 4.90 Å². The zero-order valence-electron chi connectivity index (χ0n) is 27.8. The third-order valence-corrected chi connectivity index (χ3v) is 8.51. The van der Waals surface area contributed by atoms with E-state index in [4.69, 9.17) is 18.9 Å². The second kappa shape index (κ2) is 14.6. The van der Waals surface area contributed by atoms with E-state index in [1.54, 1.807) is 32.8 Å². The fourth-order valence-corrected chi connectivity index (χ4v) is 6.11. The lowest BCUT2D eigenvalue weighted by Crippen LogP contribution is -2.72. The predicted octanol–water partition coefficient (Wildman–Crippen LogP) is 5.09. The lowest BCUT2D eigenvalue weighted by atomic mass is 9.84. The summed E-state index contributed by atoms with van der Waals surface area (Å²) in [6.45, 7) is 8.58. The van der Waals surface area contributed by atoms with Gasteiger partial charge in [-0.1, -0.05) is 72.8 Å². The van der Waals surface area contributed by atoms with Crippen molar-refractivity contribution < 1.29 is 33.3 Å². The smallest absolute Gasteiger partial charge is 0.411 e. The summed E-state index contributed by atoms with van der Waals surface area (Å²) in [6.07, 6.45) is -0.817. The van der Waals surface area contributed by atoms with Gasteiger partial charge in [-0.05, 0) is 62.9 Å². The third kappa shape index (κ3) is 8.31. The Morgan fingerprint density at radius 1 is 0.915 bits per heavy atom. The molecule has 2 amide bonds. The van der Waals surface area contributed by atoms with Crippen LogP contribution in [0.4, 0.5) is 4.79 Å². The molecular formula is C37H45N3O7. The number of likely N-dealkylation sites (tertiary alicyclic amines) is 2. The fourth-order valence-electron chi connectivity index (χ4n) is 6.11. The van der Waals surface area contributed by atoms with Crippen molar-refractivity contribution >= 4 is 18.0 Å². The number of hydrogen-bond donors (Lipinski definition) is 1. The third-order valence-electron chi connectivity index (χ3n) is 8.51. The fraction of sp³-hybridized carbons (Fsp3) is 0.432. The Balaban J connectivity index is 1.33. The van der Waals surface area contributed by atoms with Crippen molar-refractivity contribution in [3.8, 4) is 5.75 Å². The molecule has 3 aromatic rings. The molecule has 10 heteroatoms. The number of amides is 2. The molecule has 0 aliphatic carbocycles. The zero-order chi connectivity index (χ0) is 33.6. The van der Waals surface area contributed by atoms with Crippen LogP contribution in [0.2, 0.25) is 0 Å². The van der Waals surface area contributed by atoms with E-state index in [1.807, 2.05) is 91.9 Å². The van der Waals surface area contributed by atoms with Crippen molar-refractivity contribution in [3.63, 3.8) is 0 Å². The second-order valence-electron chi connectivity index (χ2n) is 13.3. The minimum Gasteiger partial charge on any atom is -0.497 e. The summed E-state index contributed by atoms with van der Waals surface area (Å²) in [7, 11) is 1.61. The van der Waals surface area contributed by atoms with Gasteiger partial charge in [-0.25, -0.2) is 4.79 Å². The standard InChI is InChI=1S/C37H45N3O7/c1-26(45-23-28-12-8-6-9-13-28)32(33(41)46-24-29-14-10-7-11-15-29)38-30-20-37(40(22-30)35(43)47-36(2,3)4)25-39(34(37)42)21-27-16-18-31(44-5)19-17-27/h6-19,26,30,32,38H,20-25H2,1-5H3/t26-,30?,32+,37?/m1/s1. The van der Waals surface area contributed by atoms with Crippen molar-refractivity contribution in [2.75, 3.05) is 20.2 Å². The average molecular weight is 644 g/mol. The first kappa shape index (κ1) is 33.9. The molecule has 5 rings (SSSR count). The molecule has 0 aromatic heterocycles. The quantitative estimate of drug-likeness (QED) is 0.215. The minimum absolute atomic E-state index is 0.112. The van der Waals surface area contributed by atoms with Crippen molar-refractivity contribution in [2.45, 2.75) is 83.2 Å². The maximum absolute atomic E-state index is 13.9. The van der Waals surface area contributed by atoms with Crippen LogP contribution in [-0.2, 0) is 43.6 Å². The van der Waals surface area contributed by atoms with Gasteiger partial charge in [0.05, 0.1) is 26.4 Å². The molecule has 2 heterocycles. The Labute approximate surface area is 276 Å². The van der Waals surface area contributed by atoms with E-state index in [-0.39, 0.29) is 19.1 Å². The Morgan fingerprint density at radius 3 is 2.11 bits per heavy atom. The van der Waals surface area contributed by atoms with Crippen molar-refractivity contribution in [3.05, 3.63) is 102 Å². The molecule has 1 spiro atoms. The number of benzene rings is 3. The van der Waals surface area contributed by atoms with Crippen LogP contribution in [0, 0.1) is 0 Å². The topological polar surface area (TPSA) is 107 Å². The molecule has 0 saturated carbocycles. The zero-order valence-corrected chi connectivity index (χ0v) is 27.8. The molecule has 2 aliphatic rings. The Hall–Kier alpha value is -4.41. The first-order chi connectivity index (χ1) is 22.5. The maximum atomic E-state index is 13.9. The van der Waals surface area contributed by atoms with Gasteiger partial charge in [0.15, 0.2) is 0 Å². The number of nitrogens with one attached hydrogen (secondary N) is 1. The molecule has 47 heavy (non-hydrogen) atoms. The summed E-state index contributed by atoms with van der Waals surface area (Å²) in [5.74, 6) is 0.111. The van der Waals surface area contributed by atoms with Crippen LogP contribution in [0.15, 0.2) is 84.9 Å². The van der Waals surface area contributed by atoms with E-state index < -0.39 is 41.4 Å². The molecule has 1 N–H and O–H groups in total. The largest absolute Gasteiger partial charge is 0.497 e. The number of hydrogen-bond acceptors (Lipinski definition) is 8. The number of rotatable bonds is 12. The number of esters is 1. The van der Waals surface area contributed by atoms with E-state index in [2.05, 4.69) is 5.32 Å². The van der Waals surface area contributed by atoms with Crippen LogP contribution in [0.5, 0.6) is 5.75 Å². The molecule has 0 radical (unpaired) electrons. The van der Waals surface area contributed by atoms with Gasteiger partial charge in [0, 0.05) is 19.1 Å². The molecule has 2 saturated heterocycles. The lowest BCUT2D eigenvalue weighted by Gasteiger charge is -2.50. The lowest BCUT2D eigenvalue weighted by molar-refractivity contribution is -0.161. The predicted molar refractivity (Wildman–Crippen MR) is 176 cm³/mol. The first-order valence-electron chi connectivity index (χ1n) is 16.0. The Kier molecular flexibility index (Phi) is 10.5.